The van der Waals surface area contributed by atoms with E-state index in [1.807, 2.05) is 6.07 Å². The summed E-state index contributed by atoms with van der Waals surface area (Å²) in [5, 5.41) is 11.8. The first-order valence-corrected chi connectivity index (χ1v) is 7.49. The van der Waals surface area contributed by atoms with Crippen molar-refractivity contribution < 1.29 is 9.53 Å². The first-order valence-electron chi connectivity index (χ1n) is 7.49. The predicted molar refractivity (Wildman–Crippen MR) is 76.8 cm³/mol. The van der Waals surface area contributed by atoms with Crippen molar-refractivity contribution in [1.29, 1.82) is 5.26 Å². The van der Waals surface area contributed by atoms with Crippen LogP contribution < -0.4 is 5.32 Å². The predicted octanol–water partition coefficient (Wildman–Crippen LogP) is 0.869. The number of rotatable bonds is 3. The van der Waals surface area contributed by atoms with Gasteiger partial charge in [-0.3, -0.25) is 9.69 Å². The fourth-order valence-corrected chi connectivity index (χ4v) is 3.13. The van der Waals surface area contributed by atoms with Crippen LogP contribution in [0.25, 0.3) is 0 Å². The zero-order valence-corrected chi connectivity index (χ0v) is 12.0. The molecule has 0 spiro atoms. The van der Waals surface area contributed by atoms with Gasteiger partial charge in [-0.15, -0.1) is 0 Å². The van der Waals surface area contributed by atoms with Crippen LogP contribution in [-0.4, -0.2) is 54.2 Å². The number of nitrogens with zero attached hydrogens (tertiary/aromatic N) is 2. The molecule has 0 radical (unpaired) electrons. The molecule has 0 aliphatic carbocycles. The number of hydrogen-bond acceptors (Lipinski definition) is 4. The van der Waals surface area contributed by atoms with Gasteiger partial charge in [-0.2, -0.15) is 5.26 Å². The molecule has 0 saturated carbocycles. The Kier molecular flexibility index (Phi) is 4.23. The van der Waals surface area contributed by atoms with Crippen molar-refractivity contribution in [2.75, 3.05) is 26.3 Å². The van der Waals surface area contributed by atoms with Gasteiger partial charge in [0.1, 0.15) is 11.8 Å². The second-order valence-corrected chi connectivity index (χ2v) is 5.70. The Labute approximate surface area is 124 Å². The van der Waals surface area contributed by atoms with E-state index in [1.54, 1.807) is 12.3 Å². The Morgan fingerprint density at radius 3 is 2.90 bits per heavy atom. The number of hydrogen-bond donors (Lipinski definition) is 2. The molecule has 3 rings (SSSR count). The van der Waals surface area contributed by atoms with E-state index in [9.17, 15) is 4.79 Å². The minimum absolute atomic E-state index is 0.0180. The summed E-state index contributed by atoms with van der Waals surface area (Å²) in [4.78, 5) is 17.5. The lowest BCUT2D eigenvalue weighted by Gasteiger charge is -2.34. The third-order valence-electron chi connectivity index (χ3n) is 4.28. The number of carbonyl (C=O) groups is 1. The van der Waals surface area contributed by atoms with Gasteiger partial charge in [0.05, 0.1) is 30.9 Å². The summed E-state index contributed by atoms with van der Waals surface area (Å²) >= 11 is 0. The number of aromatic nitrogens is 1. The summed E-state index contributed by atoms with van der Waals surface area (Å²) in [7, 11) is 0. The van der Waals surface area contributed by atoms with Crippen molar-refractivity contribution in [2.45, 2.75) is 31.3 Å². The van der Waals surface area contributed by atoms with Gasteiger partial charge in [0.15, 0.2) is 0 Å². The highest BCUT2D eigenvalue weighted by Crippen LogP contribution is 2.19. The molecule has 2 fully saturated rings. The minimum atomic E-state index is -0.172. The zero-order valence-electron chi connectivity index (χ0n) is 12.0. The highest BCUT2D eigenvalue weighted by atomic mass is 16.5. The fourth-order valence-electron chi connectivity index (χ4n) is 3.13. The lowest BCUT2D eigenvalue weighted by atomic mass is 10.0. The van der Waals surface area contributed by atoms with Crippen LogP contribution in [0.1, 0.15) is 35.3 Å². The van der Waals surface area contributed by atoms with Crippen molar-refractivity contribution >= 4 is 5.91 Å². The monoisotopic (exact) mass is 288 g/mol. The van der Waals surface area contributed by atoms with E-state index < -0.39 is 0 Å². The second kappa shape index (κ2) is 6.29. The van der Waals surface area contributed by atoms with Crippen molar-refractivity contribution in [2.24, 2.45) is 0 Å². The third-order valence-corrected chi connectivity index (χ3v) is 4.28. The summed E-state index contributed by atoms with van der Waals surface area (Å²) in [5.41, 5.74) is 0.895. The Morgan fingerprint density at radius 1 is 1.38 bits per heavy atom. The van der Waals surface area contributed by atoms with Crippen molar-refractivity contribution in [1.82, 2.24) is 15.2 Å². The molecule has 2 atom stereocenters. The van der Waals surface area contributed by atoms with Gasteiger partial charge in [0, 0.05) is 6.20 Å². The topological polar surface area (TPSA) is 81.1 Å². The number of carbonyl (C=O) groups excluding carboxylic acids is 1. The molecule has 2 N–H and O–H groups in total. The molecule has 2 saturated heterocycles. The average Bonchev–Trinajstić information content (AvgIpc) is 3.17. The molecule has 1 aromatic heterocycles. The van der Waals surface area contributed by atoms with E-state index in [0.717, 1.165) is 13.1 Å². The lowest BCUT2D eigenvalue weighted by molar-refractivity contribution is 0.0895. The third kappa shape index (κ3) is 3.09. The van der Waals surface area contributed by atoms with Crippen molar-refractivity contribution in [3.8, 4) is 6.07 Å². The standard InChI is InChI=1S/C15H20N4O2/c16-7-11-6-12(17-8-11)15(20)18-13-9-21-10-14(13)19-4-2-1-3-5-19/h6,8,13-14,17H,1-5,9-10H2,(H,18,20)/t13-,14-/m0/s1. The van der Waals surface area contributed by atoms with Gasteiger partial charge in [-0.1, -0.05) is 6.42 Å². The van der Waals surface area contributed by atoms with Gasteiger partial charge >= 0.3 is 0 Å². The molecule has 2 aliphatic rings. The van der Waals surface area contributed by atoms with Crippen LogP contribution in [-0.2, 0) is 4.74 Å². The van der Waals surface area contributed by atoms with Crippen molar-refractivity contribution in [3.63, 3.8) is 0 Å². The van der Waals surface area contributed by atoms with E-state index in [0.29, 0.717) is 24.5 Å². The maximum absolute atomic E-state index is 12.2. The second-order valence-electron chi connectivity index (χ2n) is 5.70. The van der Waals surface area contributed by atoms with Crippen LogP contribution in [0.4, 0.5) is 0 Å². The van der Waals surface area contributed by atoms with E-state index in [2.05, 4.69) is 15.2 Å². The smallest absolute Gasteiger partial charge is 0.268 e. The molecule has 2 aliphatic heterocycles. The molecule has 6 nitrogen and oxygen atoms in total. The quantitative estimate of drug-likeness (QED) is 0.864. The largest absolute Gasteiger partial charge is 0.378 e. The van der Waals surface area contributed by atoms with Crippen LogP contribution >= 0.6 is 0 Å². The molecule has 112 valence electrons. The van der Waals surface area contributed by atoms with Crippen LogP contribution in [0.15, 0.2) is 12.3 Å². The van der Waals surface area contributed by atoms with Gasteiger partial charge in [0.2, 0.25) is 0 Å². The molecular formula is C15H20N4O2. The molecule has 6 heteroatoms. The minimum Gasteiger partial charge on any atom is -0.378 e. The summed E-state index contributed by atoms with van der Waals surface area (Å²) in [5.74, 6) is -0.172. The number of piperidine rings is 1. The molecule has 0 bridgehead atoms. The number of ether oxygens (including phenoxy) is 1. The Bertz CT molecular complexity index is 542. The van der Waals surface area contributed by atoms with E-state index in [-0.39, 0.29) is 18.0 Å². The van der Waals surface area contributed by atoms with E-state index in [1.165, 1.54) is 19.3 Å². The molecular weight excluding hydrogens is 268 g/mol. The first kappa shape index (κ1) is 14.1. The molecule has 1 aromatic rings. The molecule has 0 aromatic carbocycles. The van der Waals surface area contributed by atoms with E-state index >= 15 is 0 Å². The van der Waals surface area contributed by atoms with Gasteiger partial charge in [-0.05, 0) is 32.0 Å². The highest BCUT2D eigenvalue weighted by molar-refractivity contribution is 5.93. The van der Waals surface area contributed by atoms with Crippen LogP contribution in [0.5, 0.6) is 0 Å². The maximum Gasteiger partial charge on any atom is 0.268 e. The number of likely N-dealkylation sites (tertiary alicyclic amines) is 1. The number of nitriles is 1. The highest BCUT2D eigenvalue weighted by Gasteiger charge is 2.34. The van der Waals surface area contributed by atoms with Crippen LogP contribution in [0, 0.1) is 11.3 Å². The summed E-state index contributed by atoms with van der Waals surface area (Å²) in [6.45, 7) is 3.40. The van der Waals surface area contributed by atoms with Crippen LogP contribution in [0.2, 0.25) is 0 Å². The molecule has 1 amide bonds. The van der Waals surface area contributed by atoms with Gasteiger partial charge in [0.25, 0.3) is 5.91 Å². The fraction of sp³-hybridized carbons (Fsp3) is 0.600. The normalized spacial score (nSPS) is 26.4. The van der Waals surface area contributed by atoms with Crippen molar-refractivity contribution in [3.05, 3.63) is 23.5 Å². The van der Waals surface area contributed by atoms with Crippen LogP contribution in [0.3, 0.4) is 0 Å². The zero-order chi connectivity index (χ0) is 14.7. The Hall–Kier alpha value is -1.84. The Morgan fingerprint density at radius 2 is 2.19 bits per heavy atom. The molecule has 21 heavy (non-hydrogen) atoms. The number of amides is 1. The Balaban J connectivity index is 1.62. The summed E-state index contributed by atoms with van der Waals surface area (Å²) < 4.78 is 5.57. The number of H-pyrrole nitrogens is 1. The number of aromatic amines is 1. The van der Waals surface area contributed by atoms with E-state index in [4.69, 9.17) is 10.00 Å². The first-order chi connectivity index (χ1) is 10.3. The van der Waals surface area contributed by atoms with Gasteiger partial charge in [-0.25, -0.2) is 0 Å². The van der Waals surface area contributed by atoms with Gasteiger partial charge < -0.3 is 15.0 Å². The average molecular weight is 288 g/mol. The number of nitrogens with one attached hydrogen (secondary N) is 2. The molecule has 0 unspecified atom stereocenters. The maximum atomic E-state index is 12.2. The lowest BCUT2D eigenvalue weighted by Crippen LogP contribution is -2.52. The summed E-state index contributed by atoms with van der Waals surface area (Å²) in [6.07, 6.45) is 5.28. The molecule has 3 heterocycles. The summed E-state index contributed by atoms with van der Waals surface area (Å²) in [6, 6.07) is 3.86. The SMILES string of the molecule is N#Cc1c[nH]c(C(=O)N[C@H]2COC[C@@H]2N2CCCCC2)c1.